The van der Waals surface area contributed by atoms with Gasteiger partial charge in [0.2, 0.25) is 0 Å². The molecule has 1 aliphatic rings. The van der Waals surface area contributed by atoms with Crippen LogP contribution in [0.1, 0.15) is 24.6 Å². The summed E-state index contributed by atoms with van der Waals surface area (Å²) in [4.78, 5) is 0. The fourth-order valence-corrected chi connectivity index (χ4v) is 4.63. The summed E-state index contributed by atoms with van der Waals surface area (Å²) in [5.41, 5.74) is -0.747. The largest absolute Gasteiger partial charge is 0.282 e. The molecule has 1 fully saturated rings. The van der Waals surface area contributed by atoms with Crippen molar-refractivity contribution in [2.24, 2.45) is 0 Å². The summed E-state index contributed by atoms with van der Waals surface area (Å²) in [5.74, 6) is -0.472. The third kappa shape index (κ3) is 3.06. The van der Waals surface area contributed by atoms with Gasteiger partial charge in [0.1, 0.15) is 5.69 Å². The van der Waals surface area contributed by atoms with Gasteiger partial charge in [-0.25, -0.2) is 30.3 Å². The molecule has 0 saturated carbocycles. The van der Waals surface area contributed by atoms with Crippen LogP contribution in [0.15, 0.2) is 11.1 Å². The van der Waals surface area contributed by atoms with Crippen molar-refractivity contribution in [2.75, 3.05) is 11.5 Å². The molecule has 1 atom stereocenters. The van der Waals surface area contributed by atoms with Gasteiger partial charge in [0.15, 0.2) is 14.9 Å². The van der Waals surface area contributed by atoms with Crippen LogP contribution < -0.4 is 0 Å². The van der Waals surface area contributed by atoms with Gasteiger partial charge in [-0.05, 0) is 6.42 Å². The molecular formula is C8H9ClF2N2O4S2. The van der Waals surface area contributed by atoms with Crippen LogP contribution in [-0.4, -0.2) is 38.1 Å². The van der Waals surface area contributed by atoms with Gasteiger partial charge in [-0.2, -0.15) is 5.10 Å². The van der Waals surface area contributed by atoms with Crippen molar-refractivity contribution in [1.29, 1.82) is 0 Å². The number of rotatable bonds is 3. The Balaban J connectivity index is 2.50. The standard InChI is InChI=1S/C8H9ClF2N2O4S2/c9-19(16,17)7-3-6(8(10)11)12-13(7)5-1-2-18(14,15)4-5/h3,5,8H,1-2,4H2. The Morgan fingerprint density at radius 1 is 1.47 bits per heavy atom. The molecule has 1 aromatic rings. The van der Waals surface area contributed by atoms with Crippen molar-refractivity contribution in [1.82, 2.24) is 9.78 Å². The molecule has 2 rings (SSSR count). The first-order valence-electron chi connectivity index (χ1n) is 5.13. The zero-order chi connectivity index (χ0) is 14.4. The zero-order valence-corrected chi connectivity index (χ0v) is 11.7. The van der Waals surface area contributed by atoms with E-state index in [0.717, 1.165) is 4.68 Å². The minimum absolute atomic E-state index is 0.117. The first kappa shape index (κ1) is 14.7. The number of hydrogen-bond donors (Lipinski definition) is 0. The summed E-state index contributed by atoms with van der Waals surface area (Å²) in [6, 6.07) is -0.126. The van der Waals surface area contributed by atoms with Gasteiger partial charge in [0, 0.05) is 16.7 Å². The Bertz CT molecular complexity index is 698. The number of alkyl halides is 2. The molecule has 0 aliphatic carbocycles. The molecule has 108 valence electrons. The third-order valence-corrected chi connectivity index (χ3v) is 5.78. The van der Waals surface area contributed by atoms with Crippen LogP contribution in [-0.2, 0) is 18.9 Å². The van der Waals surface area contributed by atoms with E-state index in [9.17, 15) is 25.6 Å². The molecule has 11 heteroatoms. The minimum Gasteiger partial charge on any atom is -0.248 e. The van der Waals surface area contributed by atoms with E-state index < -0.39 is 42.1 Å². The second-order valence-electron chi connectivity index (χ2n) is 4.15. The smallest absolute Gasteiger partial charge is 0.248 e. The minimum atomic E-state index is -4.28. The fraction of sp³-hybridized carbons (Fsp3) is 0.625. The lowest BCUT2D eigenvalue weighted by molar-refractivity contribution is 0.144. The van der Waals surface area contributed by atoms with E-state index in [4.69, 9.17) is 10.7 Å². The van der Waals surface area contributed by atoms with Crippen molar-refractivity contribution in [2.45, 2.75) is 23.9 Å². The van der Waals surface area contributed by atoms with Crippen molar-refractivity contribution >= 4 is 29.6 Å². The van der Waals surface area contributed by atoms with Gasteiger partial charge < -0.3 is 0 Å². The van der Waals surface area contributed by atoms with E-state index in [1.807, 2.05) is 0 Å². The maximum absolute atomic E-state index is 12.6. The summed E-state index contributed by atoms with van der Waals surface area (Å²) in [6.07, 6.45) is -2.84. The molecule has 0 N–H and O–H groups in total. The van der Waals surface area contributed by atoms with Gasteiger partial charge in [0.25, 0.3) is 15.5 Å². The molecule has 0 aromatic carbocycles. The Kier molecular flexibility index (Phi) is 3.60. The average Bonchev–Trinajstić information content (AvgIpc) is 2.79. The van der Waals surface area contributed by atoms with Gasteiger partial charge >= 0.3 is 0 Å². The normalized spacial score (nSPS) is 23.1. The molecule has 1 aromatic heterocycles. The van der Waals surface area contributed by atoms with Crippen molar-refractivity contribution < 1.29 is 25.6 Å². The van der Waals surface area contributed by atoms with Gasteiger partial charge in [-0.15, -0.1) is 0 Å². The molecule has 0 bridgehead atoms. The lowest BCUT2D eigenvalue weighted by Gasteiger charge is -2.10. The van der Waals surface area contributed by atoms with Crippen molar-refractivity contribution in [3.05, 3.63) is 11.8 Å². The maximum atomic E-state index is 12.6. The second kappa shape index (κ2) is 4.67. The van der Waals surface area contributed by atoms with Crippen LogP contribution in [0.3, 0.4) is 0 Å². The van der Waals surface area contributed by atoms with E-state index in [1.54, 1.807) is 0 Å². The molecule has 0 amide bonds. The Labute approximate surface area is 112 Å². The van der Waals surface area contributed by atoms with Crippen LogP contribution in [0.25, 0.3) is 0 Å². The van der Waals surface area contributed by atoms with E-state index in [-0.39, 0.29) is 17.9 Å². The quantitative estimate of drug-likeness (QED) is 0.773. The monoisotopic (exact) mass is 334 g/mol. The van der Waals surface area contributed by atoms with Gasteiger partial charge in [-0.3, -0.25) is 0 Å². The molecule has 19 heavy (non-hydrogen) atoms. The number of halogens is 3. The Hall–Kier alpha value is -0.740. The van der Waals surface area contributed by atoms with E-state index >= 15 is 0 Å². The molecule has 1 unspecified atom stereocenters. The topological polar surface area (TPSA) is 86.1 Å². The highest BCUT2D eigenvalue weighted by molar-refractivity contribution is 8.13. The van der Waals surface area contributed by atoms with E-state index in [1.165, 1.54) is 0 Å². The van der Waals surface area contributed by atoms with Crippen LogP contribution >= 0.6 is 10.7 Å². The van der Waals surface area contributed by atoms with Crippen LogP contribution in [0.2, 0.25) is 0 Å². The summed E-state index contributed by atoms with van der Waals surface area (Å²) in [6.45, 7) is 0. The molecular weight excluding hydrogens is 326 g/mol. The summed E-state index contributed by atoms with van der Waals surface area (Å²) in [5, 5.41) is 2.86. The molecule has 2 heterocycles. The number of nitrogens with zero attached hydrogens (tertiary/aromatic N) is 2. The van der Waals surface area contributed by atoms with Crippen molar-refractivity contribution in [3.8, 4) is 0 Å². The molecule has 6 nitrogen and oxygen atoms in total. The predicted octanol–water partition coefficient (Wildman–Crippen LogP) is 1.11. The first-order valence-corrected chi connectivity index (χ1v) is 9.26. The maximum Gasteiger partial charge on any atom is 0.282 e. The fourth-order valence-electron chi connectivity index (χ4n) is 1.91. The zero-order valence-electron chi connectivity index (χ0n) is 9.33. The molecule has 1 aliphatic heterocycles. The van der Waals surface area contributed by atoms with Crippen LogP contribution in [0, 0.1) is 0 Å². The lowest BCUT2D eigenvalue weighted by atomic mass is 10.3. The Morgan fingerprint density at radius 3 is 2.53 bits per heavy atom. The van der Waals surface area contributed by atoms with Gasteiger partial charge in [-0.1, -0.05) is 0 Å². The van der Waals surface area contributed by atoms with Crippen LogP contribution in [0.4, 0.5) is 8.78 Å². The number of sulfone groups is 1. The first-order chi connectivity index (χ1) is 8.60. The molecule has 1 saturated heterocycles. The summed E-state index contributed by atoms with van der Waals surface area (Å²) >= 11 is 0. The summed E-state index contributed by atoms with van der Waals surface area (Å²) < 4.78 is 71.2. The predicted molar refractivity (Wildman–Crippen MR) is 62.5 cm³/mol. The highest BCUT2D eigenvalue weighted by atomic mass is 35.7. The van der Waals surface area contributed by atoms with Crippen molar-refractivity contribution in [3.63, 3.8) is 0 Å². The molecule has 0 spiro atoms. The third-order valence-electron chi connectivity index (χ3n) is 2.75. The highest BCUT2D eigenvalue weighted by Gasteiger charge is 2.34. The lowest BCUT2D eigenvalue weighted by Crippen LogP contribution is -2.16. The average molecular weight is 335 g/mol. The van der Waals surface area contributed by atoms with Gasteiger partial charge in [0.05, 0.1) is 17.5 Å². The van der Waals surface area contributed by atoms with E-state index in [2.05, 4.69) is 5.10 Å². The van der Waals surface area contributed by atoms with E-state index in [0.29, 0.717) is 6.07 Å². The SMILES string of the molecule is O=S1(=O)CCC(n2nc(C(F)F)cc2S(=O)(=O)Cl)C1. The van der Waals surface area contributed by atoms with Crippen LogP contribution in [0.5, 0.6) is 0 Å². The second-order valence-corrected chi connectivity index (χ2v) is 8.89. The Morgan fingerprint density at radius 2 is 2.11 bits per heavy atom. The summed E-state index contributed by atoms with van der Waals surface area (Å²) in [7, 11) is -2.43. The highest BCUT2D eigenvalue weighted by Crippen LogP contribution is 2.30. The number of hydrogen-bond acceptors (Lipinski definition) is 5. The molecule has 0 radical (unpaired) electrons. The number of aromatic nitrogens is 2.